The monoisotopic (exact) mass is 347 g/mol. The Morgan fingerprint density at radius 1 is 1.41 bits per heavy atom. The van der Waals surface area contributed by atoms with E-state index in [1.54, 1.807) is 0 Å². The number of carboxylic acid groups (broad SMARTS) is 1. The Bertz CT molecular complexity index is 683. The second-order valence-electron chi connectivity index (χ2n) is 5.96. The number of hydrogen-bond acceptors (Lipinski definition) is 4. The Morgan fingerprint density at radius 3 is 2.68 bits per heavy atom. The Kier molecular flexibility index (Phi) is 3.94. The van der Waals surface area contributed by atoms with Crippen LogP contribution in [0.4, 0.5) is 0 Å². The normalized spacial score (nSPS) is 29.5. The zero-order chi connectivity index (χ0) is 16.1. The van der Waals surface area contributed by atoms with E-state index in [0.29, 0.717) is 12.8 Å². The van der Waals surface area contributed by atoms with Gasteiger partial charge in [-0.05, 0) is 25.2 Å². The number of aryl methyl sites for hydroxylation is 1. The molecule has 7 nitrogen and oxygen atoms in total. The van der Waals surface area contributed by atoms with Gasteiger partial charge in [-0.2, -0.15) is 9.40 Å². The first kappa shape index (κ1) is 15.8. The summed E-state index contributed by atoms with van der Waals surface area (Å²) >= 11 is 5.97. The van der Waals surface area contributed by atoms with Crippen LogP contribution in [-0.4, -0.2) is 45.7 Å². The predicted octanol–water partition coefficient (Wildman–Crippen LogP) is 1.48. The number of nitrogens with zero attached hydrogens (tertiary/aromatic N) is 3. The van der Waals surface area contributed by atoms with Crippen molar-refractivity contribution >= 4 is 27.6 Å². The highest BCUT2D eigenvalue weighted by atomic mass is 35.5. The molecular formula is C13H18ClN3O4S. The third kappa shape index (κ3) is 2.33. The Labute approximate surface area is 133 Å². The minimum Gasteiger partial charge on any atom is -0.480 e. The van der Waals surface area contributed by atoms with E-state index in [-0.39, 0.29) is 22.0 Å². The Morgan fingerprint density at radius 2 is 2.09 bits per heavy atom. The molecule has 1 aliphatic heterocycles. The first-order chi connectivity index (χ1) is 10.3. The van der Waals surface area contributed by atoms with Gasteiger partial charge in [-0.3, -0.25) is 9.48 Å². The van der Waals surface area contributed by atoms with Crippen molar-refractivity contribution in [1.82, 2.24) is 14.1 Å². The predicted molar refractivity (Wildman–Crippen MR) is 79.0 cm³/mol. The molecule has 2 aliphatic rings. The van der Waals surface area contributed by atoms with Crippen LogP contribution in [0.1, 0.15) is 32.1 Å². The van der Waals surface area contributed by atoms with E-state index >= 15 is 0 Å². The fraction of sp³-hybridized carbons (Fsp3) is 0.692. The van der Waals surface area contributed by atoms with Crippen molar-refractivity contribution in [3.63, 3.8) is 0 Å². The lowest BCUT2D eigenvalue weighted by Crippen LogP contribution is -2.46. The van der Waals surface area contributed by atoms with Crippen molar-refractivity contribution in [1.29, 1.82) is 0 Å². The zero-order valence-corrected chi connectivity index (χ0v) is 13.7. The van der Waals surface area contributed by atoms with Crippen molar-refractivity contribution in [3.8, 4) is 0 Å². The molecule has 1 saturated heterocycles. The van der Waals surface area contributed by atoms with E-state index in [1.807, 2.05) is 0 Å². The van der Waals surface area contributed by atoms with E-state index in [4.69, 9.17) is 11.6 Å². The fourth-order valence-electron chi connectivity index (χ4n) is 3.76. The molecule has 3 atom stereocenters. The molecule has 0 spiro atoms. The van der Waals surface area contributed by atoms with E-state index < -0.39 is 22.0 Å². The van der Waals surface area contributed by atoms with Crippen LogP contribution in [0.5, 0.6) is 0 Å². The van der Waals surface area contributed by atoms with E-state index in [2.05, 4.69) is 5.10 Å². The summed E-state index contributed by atoms with van der Waals surface area (Å²) in [5, 5.41) is 13.2. The second kappa shape index (κ2) is 5.50. The minimum atomic E-state index is -4.00. The highest BCUT2D eigenvalue weighted by molar-refractivity contribution is 7.89. The van der Waals surface area contributed by atoms with Gasteiger partial charge in [-0.25, -0.2) is 8.42 Å². The molecule has 1 N–H and O–H groups in total. The van der Waals surface area contributed by atoms with Crippen LogP contribution in [0.25, 0.3) is 0 Å². The van der Waals surface area contributed by atoms with Crippen LogP contribution in [0.2, 0.25) is 5.02 Å². The van der Waals surface area contributed by atoms with Crippen molar-refractivity contribution in [2.75, 3.05) is 0 Å². The first-order valence-electron chi connectivity index (χ1n) is 7.28. The van der Waals surface area contributed by atoms with Gasteiger partial charge in [0, 0.05) is 13.1 Å². The quantitative estimate of drug-likeness (QED) is 0.894. The summed E-state index contributed by atoms with van der Waals surface area (Å²) in [7, 11) is -2.51. The maximum Gasteiger partial charge on any atom is 0.322 e. The molecule has 3 rings (SSSR count). The Balaban J connectivity index is 2.08. The van der Waals surface area contributed by atoms with Crippen LogP contribution < -0.4 is 0 Å². The smallest absolute Gasteiger partial charge is 0.322 e. The largest absolute Gasteiger partial charge is 0.480 e. The van der Waals surface area contributed by atoms with Crippen LogP contribution in [0.3, 0.4) is 0 Å². The number of aliphatic carboxylic acids is 1. The van der Waals surface area contributed by atoms with Crippen LogP contribution >= 0.6 is 11.6 Å². The first-order valence-corrected chi connectivity index (χ1v) is 9.09. The minimum absolute atomic E-state index is 0.0194. The fourth-order valence-corrected chi connectivity index (χ4v) is 6.25. The summed E-state index contributed by atoms with van der Waals surface area (Å²) in [5.74, 6) is -0.993. The molecule has 2 heterocycles. The van der Waals surface area contributed by atoms with Gasteiger partial charge in [0.25, 0.3) is 10.0 Å². The molecule has 0 amide bonds. The molecule has 1 aromatic rings. The van der Waals surface area contributed by atoms with E-state index in [9.17, 15) is 18.3 Å². The molecule has 122 valence electrons. The van der Waals surface area contributed by atoms with Gasteiger partial charge in [0.2, 0.25) is 0 Å². The van der Waals surface area contributed by atoms with Crippen molar-refractivity contribution in [2.24, 2.45) is 13.0 Å². The van der Waals surface area contributed by atoms with Crippen molar-refractivity contribution in [3.05, 3.63) is 11.2 Å². The summed E-state index contributed by atoms with van der Waals surface area (Å²) < 4.78 is 28.4. The maximum absolute atomic E-state index is 13.0. The molecule has 22 heavy (non-hydrogen) atoms. The number of halogens is 1. The third-order valence-electron chi connectivity index (χ3n) is 4.68. The van der Waals surface area contributed by atoms with Gasteiger partial charge >= 0.3 is 5.97 Å². The molecule has 0 bridgehead atoms. The number of fused-ring (bicyclic) bond motifs is 1. The lowest BCUT2D eigenvalue weighted by atomic mass is 9.85. The van der Waals surface area contributed by atoms with Crippen molar-refractivity contribution in [2.45, 2.75) is 49.2 Å². The van der Waals surface area contributed by atoms with Gasteiger partial charge in [-0.15, -0.1) is 0 Å². The lowest BCUT2D eigenvalue weighted by molar-refractivity contribution is -0.141. The van der Waals surface area contributed by atoms with Gasteiger partial charge in [-0.1, -0.05) is 24.4 Å². The average molecular weight is 348 g/mol. The van der Waals surface area contributed by atoms with Crippen LogP contribution in [-0.2, 0) is 21.9 Å². The van der Waals surface area contributed by atoms with Crippen LogP contribution in [0.15, 0.2) is 11.2 Å². The molecule has 2 fully saturated rings. The third-order valence-corrected chi connectivity index (χ3v) is 7.12. The molecular weight excluding hydrogens is 330 g/mol. The second-order valence-corrected chi connectivity index (χ2v) is 8.12. The summed E-state index contributed by atoms with van der Waals surface area (Å²) in [4.78, 5) is 11.6. The van der Waals surface area contributed by atoms with E-state index in [1.165, 1.54) is 22.2 Å². The summed E-state index contributed by atoms with van der Waals surface area (Å²) in [5.41, 5.74) is 0. The lowest BCUT2D eigenvalue weighted by Gasteiger charge is -2.32. The molecule has 1 aliphatic carbocycles. The Hall–Kier alpha value is -1.12. The molecule has 0 unspecified atom stereocenters. The SMILES string of the molecule is Cn1ncc(Cl)c1S(=O)(=O)N1[C@H](C(=O)O)C[C@@H]2CCCC[C@@H]21. The summed E-state index contributed by atoms with van der Waals surface area (Å²) in [6.07, 6.45) is 5.14. The van der Waals surface area contributed by atoms with E-state index in [0.717, 1.165) is 19.3 Å². The highest BCUT2D eigenvalue weighted by Crippen LogP contribution is 2.43. The number of hydrogen-bond donors (Lipinski definition) is 1. The molecule has 0 radical (unpaired) electrons. The molecule has 9 heteroatoms. The maximum atomic E-state index is 13.0. The highest BCUT2D eigenvalue weighted by Gasteiger charge is 2.52. The number of rotatable bonds is 3. The summed E-state index contributed by atoms with van der Waals surface area (Å²) in [6.45, 7) is 0. The standard InChI is InChI=1S/C13H18ClN3O4S/c1-16-12(9(14)7-15-16)22(20,21)17-10-5-3-2-4-8(10)6-11(17)13(18)19/h7-8,10-11H,2-6H2,1H3,(H,18,19)/t8-,10-,11-/m0/s1. The van der Waals surface area contributed by atoms with Gasteiger partial charge in [0.15, 0.2) is 5.03 Å². The van der Waals surface area contributed by atoms with Crippen molar-refractivity contribution < 1.29 is 18.3 Å². The van der Waals surface area contributed by atoms with Gasteiger partial charge in [0.1, 0.15) is 6.04 Å². The van der Waals surface area contributed by atoms with Gasteiger partial charge < -0.3 is 5.11 Å². The topological polar surface area (TPSA) is 92.5 Å². The molecule has 1 saturated carbocycles. The average Bonchev–Trinajstić information content (AvgIpc) is 3.00. The zero-order valence-electron chi connectivity index (χ0n) is 12.1. The number of sulfonamides is 1. The number of carbonyl (C=O) groups is 1. The number of aromatic nitrogens is 2. The summed E-state index contributed by atoms with van der Waals surface area (Å²) in [6, 6.07) is -1.28. The van der Waals surface area contributed by atoms with Crippen LogP contribution in [0, 0.1) is 5.92 Å². The molecule has 1 aromatic heterocycles. The van der Waals surface area contributed by atoms with Gasteiger partial charge in [0.05, 0.1) is 11.2 Å². The molecule has 0 aromatic carbocycles. The number of carboxylic acids is 1.